The van der Waals surface area contributed by atoms with Crippen LogP contribution in [0.25, 0.3) is 0 Å². The largest absolute Gasteiger partial charge is 0.494 e. The second-order valence-electron chi connectivity index (χ2n) is 4.28. The molecular weight excluding hydrogens is 236 g/mol. The van der Waals surface area contributed by atoms with Gasteiger partial charge in [0.05, 0.1) is 6.61 Å². The van der Waals surface area contributed by atoms with Crippen LogP contribution in [0.5, 0.6) is 5.75 Å². The molecule has 0 atom stereocenters. The third-order valence-electron chi connectivity index (χ3n) is 2.76. The van der Waals surface area contributed by atoms with Gasteiger partial charge in [-0.05, 0) is 18.6 Å². The molecule has 0 unspecified atom stereocenters. The summed E-state index contributed by atoms with van der Waals surface area (Å²) < 4.78 is 5.63. The number of unbranched alkanes of at least 4 members (excludes halogenated alkanes) is 6. The Hall–Kier alpha value is -1.28. The Morgan fingerprint density at radius 3 is 1.95 bits per heavy atom. The van der Waals surface area contributed by atoms with Gasteiger partial charge in [0.15, 0.2) is 0 Å². The van der Waals surface area contributed by atoms with E-state index in [9.17, 15) is 0 Å². The summed E-state index contributed by atoms with van der Waals surface area (Å²) in [6.45, 7) is 9.12. The molecule has 1 aromatic rings. The second-order valence-corrected chi connectivity index (χ2v) is 4.28. The van der Waals surface area contributed by atoms with E-state index in [1.54, 1.807) is 0 Å². The number of para-hydroxylation sites is 1. The summed E-state index contributed by atoms with van der Waals surface area (Å²) in [4.78, 5) is 0. The fourth-order valence-corrected chi connectivity index (χ4v) is 1.77. The molecule has 0 amide bonds. The van der Waals surface area contributed by atoms with Crippen molar-refractivity contribution in [3.05, 3.63) is 43.5 Å². The predicted octanol–water partition coefficient (Wildman–Crippen LogP) is 4.79. The van der Waals surface area contributed by atoms with Crippen LogP contribution < -0.4 is 4.74 Å². The maximum atomic E-state index is 5.63. The summed E-state index contributed by atoms with van der Waals surface area (Å²) >= 11 is 0. The highest BCUT2D eigenvalue weighted by molar-refractivity contribution is 5.20. The zero-order valence-electron chi connectivity index (χ0n) is 12.4. The van der Waals surface area contributed by atoms with Gasteiger partial charge in [0.2, 0.25) is 0 Å². The summed E-state index contributed by atoms with van der Waals surface area (Å²) in [6, 6.07) is 10.1. The first-order valence-electron chi connectivity index (χ1n) is 7.11. The number of rotatable bonds is 9. The molecule has 19 heavy (non-hydrogen) atoms. The summed E-state index contributed by atoms with van der Waals surface area (Å²) in [5.74, 6) is 0.994. The number of ether oxygens (including phenoxy) is 1. The molecule has 0 aromatic heterocycles. The van der Waals surface area contributed by atoms with Gasteiger partial charge in [0, 0.05) is 0 Å². The van der Waals surface area contributed by atoms with Crippen molar-refractivity contribution in [1.29, 1.82) is 0 Å². The van der Waals surface area contributed by atoms with Crippen molar-refractivity contribution in [1.82, 2.24) is 0 Å². The number of hydrogen-bond donors (Lipinski definition) is 0. The van der Waals surface area contributed by atoms with Crippen molar-refractivity contribution in [2.24, 2.45) is 0 Å². The normalized spacial score (nSPS) is 8.89. The van der Waals surface area contributed by atoms with Crippen molar-refractivity contribution in [3.8, 4) is 5.75 Å². The van der Waals surface area contributed by atoms with Crippen molar-refractivity contribution in [3.63, 3.8) is 0 Å². The van der Waals surface area contributed by atoms with Gasteiger partial charge in [-0.15, -0.1) is 13.2 Å². The number of hydrogen-bond acceptors (Lipinski definition) is 1. The molecule has 0 saturated carbocycles. The lowest BCUT2D eigenvalue weighted by atomic mass is 10.1. The first-order chi connectivity index (χ1) is 8.93. The van der Waals surface area contributed by atoms with E-state index in [0.717, 1.165) is 12.4 Å². The minimum atomic E-state index is 0. The van der Waals surface area contributed by atoms with Crippen molar-refractivity contribution in [2.75, 3.05) is 6.61 Å². The molecule has 0 fully saturated rings. The van der Waals surface area contributed by atoms with Crippen LogP contribution in [0.15, 0.2) is 43.5 Å². The van der Waals surface area contributed by atoms with Crippen LogP contribution in [0.3, 0.4) is 0 Å². The van der Waals surface area contributed by atoms with Crippen molar-refractivity contribution in [2.45, 2.75) is 51.9 Å². The van der Waals surface area contributed by atoms with E-state index in [2.05, 4.69) is 20.1 Å². The Balaban J connectivity index is 0. The first-order valence-corrected chi connectivity index (χ1v) is 7.11. The maximum Gasteiger partial charge on any atom is 0.119 e. The van der Waals surface area contributed by atoms with Gasteiger partial charge in [0.1, 0.15) is 5.75 Å². The molecule has 0 saturated heterocycles. The summed E-state index contributed by atoms with van der Waals surface area (Å²) in [5, 5.41) is 0. The van der Waals surface area contributed by atoms with E-state index in [1.165, 1.54) is 44.9 Å². The molecule has 0 spiro atoms. The lowest BCUT2D eigenvalue weighted by Gasteiger charge is -2.05. The van der Waals surface area contributed by atoms with E-state index >= 15 is 0 Å². The molecule has 1 aromatic carbocycles. The first kappa shape index (κ1) is 20.0. The fraction of sp³-hybridized carbons (Fsp3) is 0.529. The molecule has 0 radical (unpaired) electrons. The molecule has 0 heterocycles. The van der Waals surface area contributed by atoms with E-state index in [1.807, 2.05) is 30.3 Å². The SMILES string of the molecule is C=C.CCCCCCCCCOc1ccccc1.O. The average Bonchev–Trinajstić information content (AvgIpc) is 2.45. The van der Waals surface area contributed by atoms with Gasteiger partial charge < -0.3 is 10.2 Å². The summed E-state index contributed by atoms with van der Waals surface area (Å²) in [5.41, 5.74) is 0. The van der Waals surface area contributed by atoms with Crippen LogP contribution >= 0.6 is 0 Å². The molecule has 0 aliphatic rings. The number of benzene rings is 1. The molecule has 0 aliphatic carbocycles. The zero-order chi connectivity index (χ0) is 13.5. The molecular formula is C17H30O2. The van der Waals surface area contributed by atoms with Crippen LogP contribution in [-0.2, 0) is 0 Å². The second kappa shape index (κ2) is 16.7. The van der Waals surface area contributed by atoms with E-state index < -0.39 is 0 Å². The third kappa shape index (κ3) is 13.0. The third-order valence-corrected chi connectivity index (χ3v) is 2.76. The molecule has 110 valence electrons. The van der Waals surface area contributed by atoms with Crippen LogP contribution in [0, 0.1) is 0 Å². The zero-order valence-corrected chi connectivity index (χ0v) is 12.4. The Bertz CT molecular complexity index is 259. The highest BCUT2D eigenvalue weighted by Crippen LogP contribution is 2.10. The summed E-state index contributed by atoms with van der Waals surface area (Å²) in [6.07, 6.45) is 9.35. The van der Waals surface area contributed by atoms with Gasteiger partial charge in [-0.2, -0.15) is 0 Å². The van der Waals surface area contributed by atoms with Gasteiger partial charge in [-0.3, -0.25) is 0 Å². The Kier molecular flexibility index (Phi) is 17.6. The Labute approximate surface area is 118 Å². The lowest BCUT2D eigenvalue weighted by Crippen LogP contribution is -1.96. The Morgan fingerprint density at radius 2 is 1.37 bits per heavy atom. The lowest BCUT2D eigenvalue weighted by molar-refractivity contribution is 0.304. The van der Waals surface area contributed by atoms with Gasteiger partial charge in [0.25, 0.3) is 0 Å². The van der Waals surface area contributed by atoms with Crippen LogP contribution in [0.4, 0.5) is 0 Å². The predicted molar refractivity (Wildman–Crippen MR) is 84.8 cm³/mol. The van der Waals surface area contributed by atoms with E-state index in [-0.39, 0.29) is 5.48 Å². The smallest absolute Gasteiger partial charge is 0.119 e. The fourth-order valence-electron chi connectivity index (χ4n) is 1.77. The van der Waals surface area contributed by atoms with Crippen molar-refractivity contribution < 1.29 is 10.2 Å². The van der Waals surface area contributed by atoms with Gasteiger partial charge >= 0.3 is 0 Å². The minimum Gasteiger partial charge on any atom is -0.494 e. The highest BCUT2D eigenvalue weighted by atomic mass is 16.5. The van der Waals surface area contributed by atoms with Gasteiger partial charge in [-0.1, -0.05) is 63.6 Å². The monoisotopic (exact) mass is 266 g/mol. The highest BCUT2D eigenvalue weighted by Gasteiger charge is 1.93. The van der Waals surface area contributed by atoms with Crippen LogP contribution in [-0.4, -0.2) is 12.1 Å². The Morgan fingerprint density at radius 1 is 0.842 bits per heavy atom. The molecule has 0 bridgehead atoms. The molecule has 2 N–H and O–H groups in total. The molecule has 2 nitrogen and oxygen atoms in total. The van der Waals surface area contributed by atoms with Crippen molar-refractivity contribution >= 4 is 0 Å². The quantitative estimate of drug-likeness (QED) is 0.468. The molecule has 1 rings (SSSR count). The topological polar surface area (TPSA) is 40.7 Å². The molecule has 0 aliphatic heterocycles. The van der Waals surface area contributed by atoms with E-state index in [0.29, 0.717) is 0 Å². The maximum absolute atomic E-state index is 5.63. The minimum absolute atomic E-state index is 0. The van der Waals surface area contributed by atoms with Gasteiger partial charge in [-0.25, -0.2) is 0 Å². The average molecular weight is 266 g/mol. The van der Waals surface area contributed by atoms with E-state index in [4.69, 9.17) is 4.74 Å². The summed E-state index contributed by atoms with van der Waals surface area (Å²) in [7, 11) is 0. The van der Waals surface area contributed by atoms with Crippen LogP contribution in [0.2, 0.25) is 0 Å². The molecule has 2 heteroatoms. The standard InChI is InChI=1S/C15H24O.C2H4.H2O/c1-2-3-4-5-6-7-11-14-16-15-12-9-8-10-13-15;1-2;/h8-10,12-13H,2-7,11,14H2,1H3;1-2H2;1H2. The van der Waals surface area contributed by atoms with Crippen LogP contribution in [0.1, 0.15) is 51.9 Å².